The van der Waals surface area contributed by atoms with E-state index in [2.05, 4.69) is 5.32 Å². The predicted octanol–water partition coefficient (Wildman–Crippen LogP) is 2.20. The van der Waals surface area contributed by atoms with Crippen molar-refractivity contribution in [1.82, 2.24) is 5.32 Å². The van der Waals surface area contributed by atoms with Crippen LogP contribution in [-0.4, -0.2) is 35.4 Å². The van der Waals surface area contributed by atoms with Gasteiger partial charge in [-0.3, -0.25) is 4.79 Å². The molecule has 2 atom stereocenters. The van der Waals surface area contributed by atoms with Crippen LogP contribution in [0.5, 0.6) is 0 Å². The van der Waals surface area contributed by atoms with E-state index in [4.69, 9.17) is 4.74 Å². The largest absolute Gasteiger partial charge is 0.460 e. The minimum absolute atomic E-state index is 0. The molecule has 0 saturated carbocycles. The van der Waals surface area contributed by atoms with Crippen molar-refractivity contribution in [1.29, 1.82) is 0 Å². The van der Waals surface area contributed by atoms with Gasteiger partial charge < -0.3 is 15.2 Å². The SMILES string of the molecule is Cl.O=C(OCc1ccccc1)[C@@H]1CC(O)(C(F)(F)F)CCN1. The average Bonchev–Trinajstić information content (AvgIpc) is 2.45. The van der Waals surface area contributed by atoms with Crippen LogP contribution in [0.1, 0.15) is 18.4 Å². The summed E-state index contributed by atoms with van der Waals surface area (Å²) in [7, 11) is 0. The van der Waals surface area contributed by atoms with Gasteiger partial charge in [0.2, 0.25) is 0 Å². The molecule has 1 aromatic rings. The van der Waals surface area contributed by atoms with Crippen molar-refractivity contribution in [3.63, 3.8) is 0 Å². The molecule has 0 spiro atoms. The normalized spacial score (nSPS) is 25.2. The smallest absolute Gasteiger partial charge is 0.417 e. The Morgan fingerprint density at radius 3 is 2.59 bits per heavy atom. The van der Waals surface area contributed by atoms with E-state index >= 15 is 0 Å². The number of esters is 1. The first kappa shape index (κ1) is 18.7. The topological polar surface area (TPSA) is 58.6 Å². The summed E-state index contributed by atoms with van der Waals surface area (Å²) in [6.07, 6.45) is -5.96. The lowest BCUT2D eigenvalue weighted by molar-refractivity contribution is -0.270. The van der Waals surface area contributed by atoms with Crippen molar-refractivity contribution in [3.05, 3.63) is 35.9 Å². The fourth-order valence-corrected chi connectivity index (χ4v) is 2.22. The van der Waals surface area contributed by atoms with Crippen LogP contribution in [0.15, 0.2) is 30.3 Å². The third kappa shape index (κ3) is 4.34. The van der Waals surface area contributed by atoms with Gasteiger partial charge >= 0.3 is 12.1 Å². The number of halogens is 4. The molecule has 0 aliphatic carbocycles. The quantitative estimate of drug-likeness (QED) is 0.829. The van der Waals surface area contributed by atoms with Crippen LogP contribution in [0.2, 0.25) is 0 Å². The molecule has 0 bridgehead atoms. The second kappa shape index (κ2) is 7.30. The number of benzene rings is 1. The van der Waals surface area contributed by atoms with Crippen LogP contribution < -0.4 is 5.32 Å². The van der Waals surface area contributed by atoms with Crippen molar-refractivity contribution < 1.29 is 27.8 Å². The van der Waals surface area contributed by atoms with Crippen molar-refractivity contribution in [2.75, 3.05) is 6.54 Å². The lowest BCUT2D eigenvalue weighted by Crippen LogP contribution is -2.58. The molecule has 0 amide bonds. The van der Waals surface area contributed by atoms with E-state index in [0.29, 0.717) is 0 Å². The summed E-state index contributed by atoms with van der Waals surface area (Å²) in [6, 6.07) is 7.67. The van der Waals surface area contributed by atoms with Crippen LogP contribution in [0, 0.1) is 0 Å². The number of rotatable bonds is 3. The first-order valence-electron chi connectivity index (χ1n) is 6.55. The number of alkyl halides is 3. The van der Waals surface area contributed by atoms with E-state index in [1.165, 1.54) is 0 Å². The highest BCUT2D eigenvalue weighted by Crippen LogP contribution is 2.38. The Bertz CT molecular complexity index is 498. The third-order valence-electron chi connectivity index (χ3n) is 3.51. The molecular formula is C14H17ClF3NO3. The maximum absolute atomic E-state index is 12.8. The van der Waals surface area contributed by atoms with Gasteiger partial charge in [0.05, 0.1) is 0 Å². The van der Waals surface area contributed by atoms with Gasteiger partial charge in [0.25, 0.3) is 0 Å². The van der Waals surface area contributed by atoms with Crippen molar-refractivity contribution >= 4 is 18.4 Å². The lowest BCUT2D eigenvalue weighted by Gasteiger charge is -2.37. The molecule has 124 valence electrons. The van der Waals surface area contributed by atoms with Crippen LogP contribution >= 0.6 is 12.4 Å². The van der Waals surface area contributed by atoms with E-state index < -0.39 is 36.6 Å². The highest BCUT2D eigenvalue weighted by molar-refractivity contribution is 5.85. The molecule has 1 aliphatic rings. The first-order chi connectivity index (χ1) is 9.82. The molecule has 1 unspecified atom stereocenters. The molecule has 1 saturated heterocycles. The number of piperidine rings is 1. The van der Waals surface area contributed by atoms with Crippen LogP contribution in [-0.2, 0) is 16.1 Å². The first-order valence-corrected chi connectivity index (χ1v) is 6.55. The standard InChI is InChI=1S/C14H16F3NO3.ClH/c15-14(16,17)13(20)6-7-18-11(8-13)12(19)21-9-10-4-2-1-3-5-10;/h1-5,11,18,20H,6-9H2;1H/t11-,13?;/m0./s1. The Morgan fingerprint density at radius 2 is 2.00 bits per heavy atom. The van der Waals surface area contributed by atoms with Crippen molar-refractivity contribution in [2.24, 2.45) is 0 Å². The van der Waals surface area contributed by atoms with Crippen molar-refractivity contribution in [3.8, 4) is 0 Å². The van der Waals surface area contributed by atoms with E-state index in [1.54, 1.807) is 30.3 Å². The van der Waals surface area contributed by atoms with Gasteiger partial charge in [-0.25, -0.2) is 0 Å². The Balaban J connectivity index is 0.00000242. The molecule has 1 aromatic carbocycles. The number of carbonyl (C=O) groups excluding carboxylic acids is 1. The van der Waals surface area contributed by atoms with Gasteiger partial charge in [-0.05, 0) is 18.5 Å². The molecule has 1 heterocycles. The minimum atomic E-state index is -4.76. The van der Waals surface area contributed by atoms with Gasteiger partial charge in [-0.15, -0.1) is 12.4 Å². The summed E-state index contributed by atoms with van der Waals surface area (Å²) in [5, 5.41) is 12.3. The van der Waals surface area contributed by atoms with Crippen LogP contribution in [0.3, 0.4) is 0 Å². The number of ether oxygens (including phenoxy) is 1. The maximum atomic E-state index is 12.8. The summed E-state index contributed by atoms with van der Waals surface area (Å²) >= 11 is 0. The molecule has 0 aromatic heterocycles. The Labute approximate surface area is 132 Å². The molecule has 2 rings (SSSR count). The molecule has 22 heavy (non-hydrogen) atoms. The fraction of sp³-hybridized carbons (Fsp3) is 0.500. The highest BCUT2D eigenvalue weighted by atomic mass is 35.5. The summed E-state index contributed by atoms with van der Waals surface area (Å²) in [5.41, 5.74) is -2.10. The summed E-state index contributed by atoms with van der Waals surface area (Å²) in [5.74, 6) is -0.791. The summed E-state index contributed by atoms with van der Waals surface area (Å²) < 4.78 is 43.3. The van der Waals surface area contributed by atoms with E-state index in [-0.39, 0.29) is 25.6 Å². The van der Waals surface area contributed by atoms with E-state index in [0.717, 1.165) is 5.56 Å². The molecule has 2 N–H and O–H groups in total. The number of aliphatic hydroxyl groups is 1. The molecule has 4 nitrogen and oxygen atoms in total. The Kier molecular flexibility index (Phi) is 6.22. The fourth-order valence-electron chi connectivity index (χ4n) is 2.22. The van der Waals surface area contributed by atoms with Crippen LogP contribution in [0.25, 0.3) is 0 Å². The second-order valence-corrected chi connectivity index (χ2v) is 5.08. The third-order valence-corrected chi connectivity index (χ3v) is 3.51. The number of nitrogens with one attached hydrogen (secondary N) is 1. The number of hydrogen-bond donors (Lipinski definition) is 2. The summed E-state index contributed by atoms with van der Waals surface area (Å²) in [6.45, 7) is -0.108. The minimum Gasteiger partial charge on any atom is -0.460 e. The number of carbonyl (C=O) groups is 1. The average molecular weight is 340 g/mol. The predicted molar refractivity (Wildman–Crippen MR) is 75.5 cm³/mol. The molecular weight excluding hydrogens is 323 g/mol. The van der Waals surface area contributed by atoms with Gasteiger partial charge in [-0.2, -0.15) is 13.2 Å². The molecule has 0 radical (unpaired) electrons. The van der Waals surface area contributed by atoms with E-state index in [9.17, 15) is 23.1 Å². The van der Waals surface area contributed by atoms with Gasteiger partial charge in [0.1, 0.15) is 12.6 Å². The highest BCUT2D eigenvalue weighted by Gasteiger charge is 2.56. The zero-order valence-corrected chi connectivity index (χ0v) is 12.4. The Morgan fingerprint density at radius 1 is 1.36 bits per heavy atom. The lowest BCUT2D eigenvalue weighted by atomic mass is 9.87. The molecule has 8 heteroatoms. The zero-order valence-electron chi connectivity index (χ0n) is 11.6. The Hall–Kier alpha value is -1.31. The van der Waals surface area contributed by atoms with E-state index in [1.807, 2.05) is 0 Å². The maximum Gasteiger partial charge on any atom is 0.417 e. The zero-order chi connectivity index (χ0) is 15.5. The van der Waals surface area contributed by atoms with Gasteiger partial charge in [0.15, 0.2) is 5.60 Å². The molecule has 1 fully saturated rings. The summed E-state index contributed by atoms with van der Waals surface area (Å²) in [4.78, 5) is 11.8. The number of hydrogen-bond acceptors (Lipinski definition) is 4. The van der Waals surface area contributed by atoms with Gasteiger partial charge in [0, 0.05) is 6.42 Å². The molecule has 1 aliphatic heterocycles. The monoisotopic (exact) mass is 339 g/mol. The second-order valence-electron chi connectivity index (χ2n) is 5.08. The van der Waals surface area contributed by atoms with Crippen LogP contribution in [0.4, 0.5) is 13.2 Å². The van der Waals surface area contributed by atoms with Gasteiger partial charge in [-0.1, -0.05) is 30.3 Å². The van der Waals surface area contributed by atoms with Crippen molar-refractivity contribution in [2.45, 2.75) is 37.3 Å².